The summed E-state index contributed by atoms with van der Waals surface area (Å²) in [4.78, 5) is 18.3. The first-order valence-electron chi connectivity index (χ1n) is 7.20. The molecule has 0 saturated carbocycles. The first kappa shape index (κ1) is 14.8. The lowest BCUT2D eigenvalue weighted by Gasteiger charge is -2.31. The van der Waals surface area contributed by atoms with Gasteiger partial charge < -0.3 is 19.9 Å². The summed E-state index contributed by atoms with van der Waals surface area (Å²) in [5, 5.41) is 0. The van der Waals surface area contributed by atoms with Gasteiger partial charge in [-0.25, -0.2) is 9.78 Å². The van der Waals surface area contributed by atoms with Crippen LogP contribution in [0.2, 0.25) is 0 Å². The topological polar surface area (TPSA) is 73.4 Å². The largest absolute Gasteiger partial charge is 0.464 e. The molecule has 1 aromatic rings. The normalized spacial score (nSPS) is 17.4. The number of imidazole rings is 1. The van der Waals surface area contributed by atoms with Crippen molar-refractivity contribution in [1.29, 1.82) is 0 Å². The summed E-state index contributed by atoms with van der Waals surface area (Å²) in [6.45, 7) is 8.30. The fraction of sp³-hybridized carbons (Fsp3) is 0.714. The van der Waals surface area contributed by atoms with Gasteiger partial charge in [-0.1, -0.05) is 6.92 Å². The zero-order chi connectivity index (χ0) is 14.7. The van der Waals surface area contributed by atoms with Crippen LogP contribution in [0.4, 0.5) is 5.82 Å². The molecule has 0 unspecified atom stereocenters. The maximum atomic E-state index is 11.6. The molecule has 6 heteroatoms. The van der Waals surface area contributed by atoms with Gasteiger partial charge in [0.2, 0.25) is 0 Å². The van der Waals surface area contributed by atoms with E-state index in [1.54, 1.807) is 0 Å². The number of ether oxygens (including phenoxy) is 1. The van der Waals surface area contributed by atoms with Crippen LogP contribution in [0.25, 0.3) is 0 Å². The van der Waals surface area contributed by atoms with Crippen LogP contribution in [0.5, 0.6) is 0 Å². The van der Waals surface area contributed by atoms with E-state index in [9.17, 15) is 4.79 Å². The van der Waals surface area contributed by atoms with Gasteiger partial charge in [0.25, 0.3) is 0 Å². The van der Waals surface area contributed by atoms with E-state index in [1.165, 1.54) is 20.0 Å². The molecule has 1 aliphatic heterocycles. The van der Waals surface area contributed by atoms with Crippen molar-refractivity contribution in [3.8, 4) is 0 Å². The van der Waals surface area contributed by atoms with Gasteiger partial charge in [-0.05, 0) is 45.3 Å². The van der Waals surface area contributed by atoms with E-state index >= 15 is 0 Å². The maximum absolute atomic E-state index is 11.6. The van der Waals surface area contributed by atoms with Crippen LogP contribution in [0.15, 0.2) is 0 Å². The van der Waals surface area contributed by atoms with Gasteiger partial charge in [-0.2, -0.15) is 0 Å². The lowest BCUT2D eigenvalue weighted by molar-refractivity contribution is 0.0595. The Morgan fingerprint density at radius 3 is 2.65 bits per heavy atom. The second kappa shape index (κ2) is 6.26. The molecular weight excluding hydrogens is 256 g/mol. The predicted octanol–water partition coefficient (Wildman–Crippen LogP) is 1.29. The molecule has 1 fully saturated rings. The minimum atomic E-state index is -0.467. The van der Waals surface area contributed by atoms with Crippen molar-refractivity contribution in [2.45, 2.75) is 33.2 Å². The molecule has 20 heavy (non-hydrogen) atoms. The highest BCUT2D eigenvalue weighted by Crippen LogP contribution is 2.23. The van der Waals surface area contributed by atoms with Gasteiger partial charge in [-0.3, -0.25) is 0 Å². The van der Waals surface area contributed by atoms with E-state index in [0.29, 0.717) is 11.7 Å². The Labute approximate surface area is 119 Å². The molecular formula is C14H24N4O2. The lowest BCUT2D eigenvalue weighted by Crippen LogP contribution is -2.35. The minimum absolute atomic E-state index is 0.232. The second-order valence-corrected chi connectivity index (χ2v) is 5.37. The molecule has 0 spiro atoms. The Bertz CT molecular complexity index is 476. The van der Waals surface area contributed by atoms with Crippen LogP contribution in [-0.2, 0) is 11.3 Å². The van der Waals surface area contributed by atoms with Gasteiger partial charge in [0.1, 0.15) is 11.6 Å². The smallest absolute Gasteiger partial charge is 0.360 e. The number of nitrogens with two attached hydrogens (primary N) is 1. The summed E-state index contributed by atoms with van der Waals surface area (Å²) in [7, 11) is 1.34. The van der Waals surface area contributed by atoms with Crippen molar-refractivity contribution in [2.24, 2.45) is 5.92 Å². The third kappa shape index (κ3) is 2.95. The number of likely N-dealkylation sites (tertiary alicyclic amines) is 1. The van der Waals surface area contributed by atoms with E-state index in [-0.39, 0.29) is 5.69 Å². The van der Waals surface area contributed by atoms with Crippen molar-refractivity contribution in [1.82, 2.24) is 14.5 Å². The first-order chi connectivity index (χ1) is 9.56. The number of piperidine rings is 1. The van der Waals surface area contributed by atoms with E-state index in [2.05, 4.69) is 16.8 Å². The standard InChI is InChI=1S/C14H24N4O2/c1-4-17-7-5-11(6-8-17)9-18-10(2)16-12(13(18)15)14(19)20-3/h11H,4-9,15H2,1-3H3. The molecule has 1 aliphatic rings. The molecule has 1 aromatic heterocycles. The Morgan fingerprint density at radius 1 is 1.45 bits per heavy atom. The van der Waals surface area contributed by atoms with Crippen molar-refractivity contribution in [3.05, 3.63) is 11.5 Å². The maximum Gasteiger partial charge on any atom is 0.360 e. The molecule has 2 rings (SSSR count). The van der Waals surface area contributed by atoms with Crippen molar-refractivity contribution in [2.75, 3.05) is 32.5 Å². The molecule has 0 amide bonds. The van der Waals surface area contributed by atoms with Crippen LogP contribution in [-0.4, -0.2) is 47.2 Å². The quantitative estimate of drug-likeness (QED) is 0.841. The molecule has 0 aliphatic carbocycles. The van der Waals surface area contributed by atoms with Crippen molar-refractivity contribution < 1.29 is 9.53 Å². The Morgan fingerprint density at radius 2 is 2.10 bits per heavy atom. The molecule has 2 N–H and O–H groups in total. The summed E-state index contributed by atoms with van der Waals surface area (Å²) < 4.78 is 6.65. The van der Waals surface area contributed by atoms with Gasteiger partial charge in [0, 0.05) is 6.54 Å². The molecule has 0 radical (unpaired) electrons. The molecule has 6 nitrogen and oxygen atoms in total. The predicted molar refractivity (Wildman–Crippen MR) is 77.6 cm³/mol. The number of rotatable bonds is 4. The Kier molecular flexibility index (Phi) is 4.65. The fourth-order valence-electron chi connectivity index (χ4n) is 2.80. The summed E-state index contributed by atoms with van der Waals surface area (Å²) in [5.74, 6) is 1.33. The highest BCUT2D eigenvalue weighted by atomic mass is 16.5. The number of nitrogens with zero attached hydrogens (tertiary/aromatic N) is 3. The Hall–Kier alpha value is -1.56. The van der Waals surface area contributed by atoms with E-state index in [4.69, 9.17) is 10.5 Å². The van der Waals surface area contributed by atoms with E-state index < -0.39 is 5.97 Å². The second-order valence-electron chi connectivity index (χ2n) is 5.37. The number of nitrogen functional groups attached to an aromatic ring is 1. The average Bonchev–Trinajstić information content (AvgIpc) is 2.75. The number of methoxy groups -OCH3 is 1. The molecule has 1 saturated heterocycles. The van der Waals surface area contributed by atoms with Crippen LogP contribution in [0.3, 0.4) is 0 Å². The summed E-state index contributed by atoms with van der Waals surface area (Å²) >= 11 is 0. The third-order valence-corrected chi connectivity index (χ3v) is 4.17. The molecule has 112 valence electrons. The minimum Gasteiger partial charge on any atom is -0.464 e. The van der Waals surface area contributed by atoms with E-state index in [0.717, 1.165) is 32.0 Å². The van der Waals surface area contributed by atoms with E-state index in [1.807, 2.05) is 11.5 Å². The number of aromatic nitrogens is 2. The SMILES string of the molecule is CCN1CCC(Cn2c(C)nc(C(=O)OC)c2N)CC1. The number of aryl methyl sites for hydroxylation is 1. The Balaban J connectivity index is 2.07. The van der Waals surface area contributed by atoms with Crippen LogP contribution in [0.1, 0.15) is 36.1 Å². The summed E-state index contributed by atoms with van der Waals surface area (Å²) in [6, 6.07) is 0. The van der Waals surface area contributed by atoms with Crippen molar-refractivity contribution >= 4 is 11.8 Å². The third-order valence-electron chi connectivity index (χ3n) is 4.17. The molecule has 0 aromatic carbocycles. The number of anilines is 1. The molecule has 0 atom stereocenters. The van der Waals surface area contributed by atoms with Crippen molar-refractivity contribution in [3.63, 3.8) is 0 Å². The molecule has 2 heterocycles. The van der Waals surface area contributed by atoms with Crippen LogP contribution in [0, 0.1) is 12.8 Å². The monoisotopic (exact) mass is 280 g/mol. The fourth-order valence-corrected chi connectivity index (χ4v) is 2.80. The number of esters is 1. The summed E-state index contributed by atoms with van der Waals surface area (Å²) in [5.41, 5.74) is 6.27. The zero-order valence-electron chi connectivity index (χ0n) is 12.6. The van der Waals surface area contributed by atoms with Crippen LogP contribution >= 0.6 is 0 Å². The highest BCUT2D eigenvalue weighted by molar-refractivity contribution is 5.92. The average molecular weight is 280 g/mol. The molecule has 0 bridgehead atoms. The highest BCUT2D eigenvalue weighted by Gasteiger charge is 2.23. The number of carbonyl (C=O) groups is 1. The lowest BCUT2D eigenvalue weighted by atomic mass is 9.96. The van der Waals surface area contributed by atoms with Crippen LogP contribution < -0.4 is 5.73 Å². The number of carbonyl (C=O) groups excluding carboxylic acids is 1. The van der Waals surface area contributed by atoms with Gasteiger partial charge in [0.15, 0.2) is 5.69 Å². The first-order valence-corrected chi connectivity index (χ1v) is 7.20. The summed E-state index contributed by atoms with van der Waals surface area (Å²) in [6.07, 6.45) is 2.33. The number of hydrogen-bond donors (Lipinski definition) is 1. The zero-order valence-corrected chi connectivity index (χ0v) is 12.6. The van der Waals surface area contributed by atoms with Gasteiger partial charge in [-0.15, -0.1) is 0 Å². The van der Waals surface area contributed by atoms with Gasteiger partial charge >= 0.3 is 5.97 Å². The van der Waals surface area contributed by atoms with Gasteiger partial charge in [0.05, 0.1) is 7.11 Å². The number of hydrogen-bond acceptors (Lipinski definition) is 5.